The summed E-state index contributed by atoms with van der Waals surface area (Å²) in [6.45, 7) is 4.17. The third-order valence-corrected chi connectivity index (χ3v) is 8.25. The number of benzene rings is 2. The Labute approximate surface area is 237 Å². The lowest BCUT2D eigenvalue weighted by Crippen LogP contribution is -2.35. The summed E-state index contributed by atoms with van der Waals surface area (Å²) >= 11 is 0. The summed E-state index contributed by atoms with van der Waals surface area (Å²) in [7, 11) is -1.77. The molecule has 2 heterocycles. The van der Waals surface area contributed by atoms with Gasteiger partial charge in [-0.15, -0.1) is 0 Å². The zero-order chi connectivity index (χ0) is 28.4. The molecule has 2 aromatic carbocycles. The molecule has 9 nitrogen and oxygen atoms in total. The van der Waals surface area contributed by atoms with Crippen molar-refractivity contribution in [2.75, 3.05) is 36.4 Å². The highest BCUT2D eigenvalue weighted by molar-refractivity contribution is 7.92. The molecule has 4 aromatic rings. The summed E-state index contributed by atoms with van der Waals surface area (Å²) in [4.78, 5) is 7.58. The number of aliphatic hydroxyl groups excluding tert-OH is 1. The molecule has 0 aliphatic heterocycles. The Morgan fingerprint density at radius 1 is 1.00 bits per heavy atom. The zero-order valence-electron chi connectivity index (χ0n) is 23.2. The van der Waals surface area contributed by atoms with Crippen LogP contribution in [0.4, 0.5) is 11.4 Å². The van der Waals surface area contributed by atoms with E-state index in [1.54, 1.807) is 42.6 Å². The number of nitrogens with zero attached hydrogens (tertiary/aromatic N) is 2. The highest BCUT2D eigenvalue weighted by Gasteiger charge is 2.15. The molecule has 0 saturated carbocycles. The Morgan fingerprint density at radius 3 is 2.52 bits per heavy atom. The lowest BCUT2D eigenvalue weighted by molar-refractivity contribution is 0.175. The molecule has 1 atom stereocenters. The summed E-state index contributed by atoms with van der Waals surface area (Å²) in [5.41, 5.74) is 7.39. The van der Waals surface area contributed by atoms with Gasteiger partial charge in [0.05, 0.1) is 16.7 Å². The minimum absolute atomic E-state index is 0.213. The van der Waals surface area contributed by atoms with E-state index in [1.165, 1.54) is 19.3 Å². The van der Waals surface area contributed by atoms with E-state index in [1.807, 2.05) is 42.5 Å². The smallest absolute Gasteiger partial charge is 0.261 e. The van der Waals surface area contributed by atoms with Crippen molar-refractivity contribution in [3.63, 3.8) is 0 Å². The van der Waals surface area contributed by atoms with Gasteiger partial charge in [0, 0.05) is 49.2 Å². The van der Waals surface area contributed by atoms with E-state index in [0.29, 0.717) is 18.8 Å². The van der Waals surface area contributed by atoms with Gasteiger partial charge in [-0.25, -0.2) is 18.8 Å². The Hall–Kier alpha value is -3.44. The van der Waals surface area contributed by atoms with Crippen LogP contribution in [-0.2, 0) is 16.4 Å². The van der Waals surface area contributed by atoms with Crippen LogP contribution in [0.1, 0.15) is 49.8 Å². The van der Waals surface area contributed by atoms with Crippen molar-refractivity contribution in [1.82, 2.24) is 20.7 Å². The molecule has 40 heavy (non-hydrogen) atoms. The molecule has 0 aliphatic rings. The Bertz CT molecular complexity index is 1440. The number of H-pyrrole nitrogens is 1. The van der Waals surface area contributed by atoms with Gasteiger partial charge in [0.25, 0.3) is 10.0 Å². The monoisotopic (exact) mass is 564 g/mol. The van der Waals surface area contributed by atoms with Gasteiger partial charge in [-0.2, -0.15) is 0 Å². The maximum Gasteiger partial charge on any atom is 0.261 e. The van der Waals surface area contributed by atoms with E-state index in [9.17, 15) is 13.5 Å². The van der Waals surface area contributed by atoms with Gasteiger partial charge in [-0.3, -0.25) is 4.72 Å². The summed E-state index contributed by atoms with van der Waals surface area (Å²) in [6, 6.07) is 18.1. The van der Waals surface area contributed by atoms with Crippen LogP contribution in [-0.4, -0.2) is 50.2 Å². The molecular formula is C30H40N6O3S. The number of aromatic amines is 1. The maximum atomic E-state index is 12.9. The predicted molar refractivity (Wildman–Crippen MR) is 162 cm³/mol. The average molecular weight is 565 g/mol. The molecule has 1 unspecified atom stereocenters. The molecule has 0 fully saturated rings. The number of nitrogens with one attached hydrogen (secondary N) is 4. The van der Waals surface area contributed by atoms with Gasteiger partial charge in [-0.05, 0) is 73.5 Å². The minimum atomic E-state index is -3.70. The van der Waals surface area contributed by atoms with Crippen LogP contribution < -0.4 is 20.5 Å². The molecular weight excluding hydrogens is 524 g/mol. The van der Waals surface area contributed by atoms with Crippen LogP contribution in [0, 0.1) is 0 Å². The molecule has 0 bridgehead atoms. The lowest BCUT2D eigenvalue weighted by atomic mass is 10.1. The van der Waals surface area contributed by atoms with E-state index >= 15 is 0 Å². The van der Waals surface area contributed by atoms with E-state index in [0.717, 1.165) is 47.2 Å². The molecule has 10 heteroatoms. The number of hydrazine groups is 1. The SMILES string of the molecule is CCCCCCNN(C)c1ccc(S(=O)(=O)Nc2ccc(CCNCC(O)c3cnc4[nH]ccc4c3)cc2)cc1. The minimum Gasteiger partial charge on any atom is -0.387 e. The number of aliphatic hydroxyl groups is 1. The second-order valence-electron chi connectivity index (χ2n) is 9.98. The molecule has 0 amide bonds. The second kappa shape index (κ2) is 14.3. The third-order valence-electron chi connectivity index (χ3n) is 6.85. The number of hydrogen-bond acceptors (Lipinski definition) is 7. The summed E-state index contributed by atoms with van der Waals surface area (Å²) in [5, 5.41) is 16.6. The summed E-state index contributed by atoms with van der Waals surface area (Å²) in [6.07, 6.45) is 8.37. The van der Waals surface area contributed by atoms with E-state index in [2.05, 4.69) is 32.4 Å². The van der Waals surface area contributed by atoms with Crippen molar-refractivity contribution in [1.29, 1.82) is 0 Å². The number of sulfonamides is 1. The van der Waals surface area contributed by atoms with Crippen molar-refractivity contribution in [3.8, 4) is 0 Å². The van der Waals surface area contributed by atoms with E-state index in [-0.39, 0.29) is 4.90 Å². The van der Waals surface area contributed by atoms with Crippen molar-refractivity contribution in [2.45, 2.75) is 50.0 Å². The second-order valence-corrected chi connectivity index (χ2v) is 11.7. The number of hydrogen-bond donors (Lipinski definition) is 5. The fourth-order valence-electron chi connectivity index (χ4n) is 4.42. The number of anilines is 2. The van der Waals surface area contributed by atoms with Gasteiger partial charge in [0.2, 0.25) is 0 Å². The topological polar surface area (TPSA) is 122 Å². The summed E-state index contributed by atoms with van der Waals surface area (Å²) in [5.74, 6) is 0. The quantitative estimate of drug-likeness (QED) is 0.0983. The zero-order valence-corrected chi connectivity index (χ0v) is 24.0. The number of fused-ring (bicyclic) bond motifs is 1. The van der Waals surface area contributed by atoms with Gasteiger partial charge in [0.1, 0.15) is 5.65 Å². The number of rotatable bonds is 16. The van der Waals surface area contributed by atoms with Gasteiger partial charge in [0.15, 0.2) is 0 Å². The molecule has 0 radical (unpaired) electrons. The fourth-order valence-corrected chi connectivity index (χ4v) is 5.48. The van der Waals surface area contributed by atoms with Crippen LogP contribution in [0.3, 0.4) is 0 Å². The lowest BCUT2D eigenvalue weighted by Gasteiger charge is -2.21. The Kier molecular flexibility index (Phi) is 10.5. The molecule has 2 aromatic heterocycles. The normalized spacial score (nSPS) is 12.5. The van der Waals surface area contributed by atoms with Crippen molar-refractivity contribution in [2.24, 2.45) is 0 Å². The number of unbranched alkanes of at least 4 members (excludes halogenated alkanes) is 3. The molecule has 4 rings (SSSR count). The highest BCUT2D eigenvalue weighted by Crippen LogP contribution is 2.20. The molecule has 0 aliphatic carbocycles. The van der Waals surface area contributed by atoms with Crippen molar-refractivity contribution >= 4 is 32.4 Å². The van der Waals surface area contributed by atoms with Crippen molar-refractivity contribution < 1.29 is 13.5 Å². The first-order valence-electron chi connectivity index (χ1n) is 13.9. The molecule has 0 saturated heterocycles. The largest absolute Gasteiger partial charge is 0.387 e. The standard InChI is InChI=1S/C30H40N6O3S/c1-3-4-5-6-17-34-36(2)27-11-13-28(14-12-27)40(38,39)35-26-9-7-23(8-10-26)15-18-31-22-29(37)25-20-24-16-19-32-30(24)33-21-25/h7-14,16,19-21,29,31,34-35,37H,3-6,15,17-18,22H2,1-2H3,(H,32,33). The average Bonchev–Trinajstić information content (AvgIpc) is 3.44. The van der Waals surface area contributed by atoms with E-state index in [4.69, 9.17) is 0 Å². The fraction of sp³-hybridized carbons (Fsp3) is 0.367. The van der Waals surface area contributed by atoms with Crippen molar-refractivity contribution in [3.05, 3.63) is 84.2 Å². The van der Waals surface area contributed by atoms with Crippen LogP contribution in [0.25, 0.3) is 11.0 Å². The summed E-state index contributed by atoms with van der Waals surface area (Å²) < 4.78 is 28.5. The molecule has 214 valence electrons. The first-order valence-corrected chi connectivity index (χ1v) is 15.3. The van der Waals surface area contributed by atoms with E-state index < -0.39 is 16.1 Å². The van der Waals surface area contributed by atoms with Crippen LogP contribution in [0.5, 0.6) is 0 Å². The number of aromatic nitrogens is 2. The molecule has 5 N–H and O–H groups in total. The van der Waals surface area contributed by atoms with Gasteiger partial charge >= 0.3 is 0 Å². The Balaban J connectivity index is 1.21. The predicted octanol–water partition coefficient (Wildman–Crippen LogP) is 4.75. The Morgan fingerprint density at radius 2 is 1.77 bits per heavy atom. The van der Waals surface area contributed by atoms with Gasteiger partial charge in [-0.1, -0.05) is 38.3 Å². The van der Waals surface area contributed by atoms with Gasteiger partial charge < -0.3 is 20.4 Å². The first-order chi connectivity index (χ1) is 19.4. The molecule has 0 spiro atoms. The first kappa shape index (κ1) is 29.5. The third kappa shape index (κ3) is 8.28. The van der Waals surface area contributed by atoms with Crippen LogP contribution >= 0.6 is 0 Å². The number of pyridine rings is 1. The highest BCUT2D eigenvalue weighted by atomic mass is 32.2. The maximum absolute atomic E-state index is 12.9. The van der Waals surface area contributed by atoms with Crippen LogP contribution in [0.2, 0.25) is 0 Å². The van der Waals surface area contributed by atoms with Crippen LogP contribution in [0.15, 0.2) is 78.0 Å².